The second-order valence-corrected chi connectivity index (χ2v) is 7.93. The lowest BCUT2D eigenvalue weighted by molar-refractivity contribution is -0.230. The van der Waals surface area contributed by atoms with Crippen LogP contribution in [0.15, 0.2) is 0 Å². The molecule has 0 aromatic heterocycles. The first-order chi connectivity index (χ1) is 11.7. The van der Waals surface area contributed by atoms with Gasteiger partial charge < -0.3 is 23.7 Å². The minimum absolute atomic E-state index is 0.246. The quantitative estimate of drug-likeness (QED) is 0.684. The molecule has 3 saturated heterocycles. The third kappa shape index (κ3) is 2.42. The number of hydrogen-bond acceptors (Lipinski definition) is 6. The van der Waals surface area contributed by atoms with Gasteiger partial charge >= 0.3 is 5.97 Å². The van der Waals surface area contributed by atoms with Crippen molar-refractivity contribution in [3.05, 3.63) is 0 Å². The number of rotatable bonds is 1. The summed E-state index contributed by atoms with van der Waals surface area (Å²) in [6.07, 6.45) is 8.87. The average molecular weight is 338 g/mol. The van der Waals surface area contributed by atoms with Gasteiger partial charge in [0.25, 0.3) is 0 Å². The average Bonchev–Trinajstić information content (AvgIpc) is 3.24. The highest BCUT2D eigenvalue weighted by Gasteiger charge is 2.62. The Hall–Kier alpha value is -0.690. The van der Waals surface area contributed by atoms with Gasteiger partial charge in [-0.3, -0.25) is 0 Å². The van der Waals surface area contributed by atoms with Gasteiger partial charge in [-0.25, -0.2) is 4.79 Å². The molecular formula is C18H26O6. The third-order valence-corrected chi connectivity index (χ3v) is 6.27. The summed E-state index contributed by atoms with van der Waals surface area (Å²) < 4.78 is 30.2. The Morgan fingerprint density at radius 2 is 1.42 bits per heavy atom. The molecule has 2 saturated carbocycles. The topological polar surface area (TPSA) is 63.2 Å². The molecule has 2 aliphatic carbocycles. The second-order valence-electron chi connectivity index (χ2n) is 7.93. The molecule has 3 unspecified atom stereocenters. The molecule has 6 nitrogen and oxygen atoms in total. The summed E-state index contributed by atoms with van der Waals surface area (Å²) in [6.45, 7) is 0.470. The van der Waals surface area contributed by atoms with Crippen LogP contribution in [-0.2, 0) is 28.5 Å². The van der Waals surface area contributed by atoms with Crippen LogP contribution in [0.25, 0.3) is 0 Å². The van der Waals surface area contributed by atoms with Crippen LogP contribution in [0.2, 0.25) is 0 Å². The van der Waals surface area contributed by atoms with Crippen LogP contribution < -0.4 is 0 Å². The Morgan fingerprint density at radius 1 is 0.750 bits per heavy atom. The summed E-state index contributed by atoms with van der Waals surface area (Å²) in [7, 11) is 0. The summed E-state index contributed by atoms with van der Waals surface area (Å²) in [5, 5.41) is 0. The maximum absolute atomic E-state index is 12.3. The van der Waals surface area contributed by atoms with E-state index < -0.39 is 23.8 Å². The molecule has 5 aliphatic rings. The molecule has 0 radical (unpaired) electrons. The lowest BCUT2D eigenvalue weighted by Gasteiger charge is -2.34. The Balaban J connectivity index is 1.31. The molecule has 3 aliphatic heterocycles. The van der Waals surface area contributed by atoms with E-state index in [1.54, 1.807) is 0 Å². The maximum atomic E-state index is 12.3. The van der Waals surface area contributed by atoms with Crippen molar-refractivity contribution in [3.63, 3.8) is 0 Å². The first-order valence-electron chi connectivity index (χ1n) is 9.57. The van der Waals surface area contributed by atoms with E-state index in [0.717, 1.165) is 51.4 Å². The Bertz CT molecular complexity index is 508. The highest BCUT2D eigenvalue weighted by atomic mass is 16.8. The molecule has 6 heteroatoms. The molecule has 2 spiro atoms. The Kier molecular flexibility index (Phi) is 3.67. The summed E-state index contributed by atoms with van der Waals surface area (Å²) in [5.74, 6) is -1.34. The van der Waals surface area contributed by atoms with Crippen molar-refractivity contribution in [1.29, 1.82) is 0 Å². The van der Waals surface area contributed by atoms with Crippen molar-refractivity contribution < 1.29 is 28.5 Å². The molecule has 0 aromatic rings. The van der Waals surface area contributed by atoms with Gasteiger partial charge in [-0.05, 0) is 25.7 Å². The monoisotopic (exact) mass is 338 g/mol. The van der Waals surface area contributed by atoms with Gasteiger partial charge in [0.1, 0.15) is 12.2 Å². The van der Waals surface area contributed by atoms with Crippen LogP contribution in [0.4, 0.5) is 0 Å². The van der Waals surface area contributed by atoms with Crippen LogP contribution in [-0.4, -0.2) is 48.6 Å². The van der Waals surface area contributed by atoms with Crippen molar-refractivity contribution in [3.8, 4) is 0 Å². The first kappa shape index (κ1) is 15.6. The number of cyclic esters (lactones) is 1. The molecule has 134 valence electrons. The Labute approximate surface area is 142 Å². The molecule has 5 rings (SSSR count). The fourth-order valence-corrected chi connectivity index (χ4v) is 5.03. The minimum atomic E-state index is -0.598. The highest BCUT2D eigenvalue weighted by molar-refractivity contribution is 5.78. The molecule has 3 heterocycles. The normalized spacial score (nSPS) is 43.2. The molecule has 0 bridgehead atoms. The summed E-state index contributed by atoms with van der Waals surface area (Å²) in [4.78, 5) is 12.3. The van der Waals surface area contributed by atoms with E-state index in [9.17, 15) is 4.79 Å². The van der Waals surface area contributed by atoms with Crippen molar-refractivity contribution in [2.24, 2.45) is 0 Å². The van der Waals surface area contributed by atoms with Crippen molar-refractivity contribution >= 4 is 5.97 Å². The van der Waals surface area contributed by atoms with Gasteiger partial charge in [-0.2, -0.15) is 0 Å². The van der Waals surface area contributed by atoms with E-state index in [1.165, 1.54) is 12.8 Å². The van der Waals surface area contributed by atoms with Crippen LogP contribution >= 0.6 is 0 Å². The minimum Gasteiger partial charge on any atom is -0.455 e. The highest BCUT2D eigenvalue weighted by Crippen LogP contribution is 2.47. The molecule has 0 amide bonds. The third-order valence-electron chi connectivity index (χ3n) is 6.27. The Morgan fingerprint density at radius 3 is 2.12 bits per heavy atom. The smallest absolute Gasteiger partial charge is 0.338 e. The van der Waals surface area contributed by atoms with Crippen LogP contribution in [0.3, 0.4) is 0 Å². The van der Waals surface area contributed by atoms with Crippen LogP contribution in [0.5, 0.6) is 0 Å². The predicted molar refractivity (Wildman–Crippen MR) is 82.1 cm³/mol. The van der Waals surface area contributed by atoms with Gasteiger partial charge in [-0.15, -0.1) is 0 Å². The van der Waals surface area contributed by atoms with Gasteiger partial charge in [0.15, 0.2) is 23.8 Å². The van der Waals surface area contributed by atoms with Gasteiger partial charge in [-0.1, -0.05) is 12.8 Å². The fourth-order valence-electron chi connectivity index (χ4n) is 5.03. The zero-order valence-corrected chi connectivity index (χ0v) is 14.0. The standard InChI is InChI=1S/C18H26O6/c19-16-15-14(23-18(24-15)9-5-2-6-10-18)13(21-16)12-11-20-17(22-12)7-3-1-4-8-17/h12-15H,1-11H2/t12?,13-,14?,15?/m0/s1. The number of carbonyl (C=O) groups is 1. The zero-order chi connectivity index (χ0) is 16.2. The van der Waals surface area contributed by atoms with Crippen LogP contribution in [0, 0.1) is 0 Å². The van der Waals surface area contributed by atoms with Gasteiger partial charge in [0.2, 0.25) is 0 Å². The van der Waals surface area contributed by atoms with E-state index in [2.05, 4.69) is 0 Å². The number of hydrogen-bond donors (Lipinski definition) is 0. The van der Waals surface area contributed by atoms with Crippen LogP contribution in [0.1, 0.15) is 64.2 Å². The summed E-state index contributed by atoms with van der Waals surface area (Å²) >= 11 is 0. The number of carbonyl (C=O) groups excluding carboxylic acids is 1. The fraction of sp³-hybridized carbons (Fsp3) is 0.944. The van der Waals surface area contributed by atoms with E-state index in [4.69, 9.17) is 23.7 Å². The summed E-state index contributed by atoms with van der Waals surface area (Å²) in [5.41, 5.74) is 0. The predicted octanol–water partition coefficient (Wildman–Crippen LogP) is 2.43. The molecule has 0 N–H and O–H groups in total. The molecule has 4 atom stereocenters. The maximum Gasteiger partial charge on any atom is 0.338 e. The van der Waals surface area contributed by atoms with E-state index in [1.807, 2.05) is 0 Å². The van der Waals surface area contributed by atoms with Gasteiger partial charge in [0.05, 0.1) is 6.61 Å². The van der Waals surface area contributed by atoms with Gasteiger partial charge in [0, 0.05) is 25.7 Å². The number of ether oxygens (including phenoxy) is 5. The van der Waals surface area contributed by atoms with E-state index in [0.29, 0.717) is 6.61 Å². The second kappa shape index (κ2) is 5.66. The number of fused-ring (bicyclic) bond motifs is 1. The molecule has 24 heavy (non-hydrogen) atoms. The summed E-state index contributed by atoms with van der Waals surface area (Å²) in [6, 6.07) is 0. The molecule has 5 fully saturated rings. The molecule has 0 aromatic carbocycles. The van der Waals surface area contributed by atoms with Crippen molar-refractivity contribution in [1.82, 2.24) is 0 Å². The van der Waals surface area contributed by atoms with Crippen molar-refractivity contribution in [2.45, 2.75) is 100 Å². The lowest BCUT2D eigenvalue weighted by atomic mass is 9.94. The first-order valence-corrected chi connectivity index (χ1v) is 9.57. The largest absolute Gasteiger partial charge is 0.455 e. The lowest BCUT2D eigenvalue weighted by Crippen LogP contribution is -2.43. The van der Waals surface area contributed by atoms with E-state index in [-0.39, 0.29) is 18.2 Å². The van der Waals surface area contributed by atoms with Crippen molar-refractivity contribution in [2.75, 3.05) is 6.61 Å². The van der Waals surface area contributed by atoms with E-state index >= 15 is 0 Å². The zero-order valence-electron chi connectivity index (χ0n) is 14.0. The molecular weight excluding hydrogens is 312 g/mol. The SMILES string of the molecule is O=C1O[C@@H](C2COC3(CCCCC3)O2)C2OC3(CCCCC3)OC12. The number of esters is 1.